The van der Waals surface area contributed by atoms with Crippen LogP contribution in [0.2, 0.25) is 0 Å². The van der Waals surface area contributed by atoms with Crippen LogP contribution < -0.4 is 4.74 Å². The summed E-state index contributed by atoms with van der Waals surface area (Å²) in [6.07, 6.45) is 0. The van der Waals surface area contributed by atoms with E-state index in [1.807, 2.05) is 6.92 Å². The van der Waals surface area contributed by atoms with E-state index < -0.39 is 0 Å². The summed E-state index contributed by atoms with van der Waals surface area (Å²) in [4.78, 5) is 7.12. The largest absolute Gasteiger partial charge is 0.508 e. The van der Waals surface area contributed by atoms with Gasteiger partial charge in [0.05, 0.1) is 18.1 Å². The summed E-state index contributed by atoms with van der Waals surface area (Å²) >= 11 is 0. The van der Waals surface area contributed by atoms with E-state index in [0.29, 0.717) is 6.01 Å². The maximum absolute atomic E-state index is 9.30. The van der Waals surface area contributed by atoms with Crippen molar-refractivity contribution in [3.63, 3.8) is 0 Å². The van der Waals surface area contributed by atoms with Crippen molar-refractivity contribution in [2.45, 2.75) is 6.92 Å². The Morgan fingerprint density at radius 3 is 2.92 bits per heavy atom. The lowest BCUT2D eigenvalue weighted by molar-refractivity contribution is 0.386. The van der Waals surface area contributed by atoms with Crippen molar-refractivity contribution in [3.05, 3.63) is 17.7 Å². The minimum Gasteiger partial charge on any atom is -0.508 e. The minimum absolute atomic E-state index is 0.233. The van der Waals surface area contributed by atoms with E-state index in [0.717, 1.165) is 16.6 Å². The van der Waals surface area contributed by atoms with Crippen LogP contribution in [0.1, 0.15) is 5.56 Å². The monoisotopic (exact) mass is 178 g/mol. The second kappa shape index (κ2) is 2.65. The number of rotatable bonds is 1. The lowest BCUT2D eigenvalue weighted by atomic mass is 10.2. The number of aromatic amines is 1. The van der Waals surface area contributed by atoms with Gasteiger partial charge in [0, 0.05) is 6.07 Å². The Morgan fingerprint density at radius 2 is 2.23 bits per heavy atom. The fourth-order valence-corrected chi connectivity index (χ4v) is 1.35. The molecule has 2 rings (SSSR count). The van der Waals surface area contributed by atoms with E-state index in [1.54, 1.807) is 19.2 Å². The van der Waals surface area contributed by atoms with Gasteiger partial charge in [0.15, 0.2) is 0 Å². The third kappa shape index (κ3) is 1.20. The van der Waals surface area contributed by atoms with E-state index >= 15 is 0 Å². The molecule has 2 aromatic rings. The number of phenolic OH excluding ortho intramolecular Hbond substituents is 1. The van der Waals surface area contributed by atoms with Crippen LogP contribution in [0.4, 0.5) is 0 Å². The Bertz CT molecular complexity index is 448. The molecule has 1 heterocycles. The van der Waals surface area contributed by atoms with Crippen LogP contribution in [-0.4, -0.2) is 22.2 Å². The van der Waals surface area contributed by atoms with Gasteiger partial charge in [-0.25, -0.2) is 0 Å². The lowest BCUT2D eigenvalue weighted by Crippen LogP contribution is -1.82. The average molecular weight is 178 g/mol. The third-order valence-electron chi connectivity index (χ3n) is 1.93. The number of benzene rings is 1. The number of fused-ring (bicyclic) bond motifs is 1. The zero-order chi connectivity index (χ0) is 9.42. The quantitative estimate of drug-likeness (QED) is 0.697. The zero-order valence-electron chi connectivity index (χ0n) is 7.46. The molecule has 1 aromatic heterocycles. The summed E-state index contributed by atoms with van der Waals surface area (Å²) in [6.45, 7) is 1.89. The van der Waals surface area contributed by atoms with Gasteiger partial charge < -0.3 is 14.8 Å². The fourth-order valence-electron chi connectivity index (χ4n) is 1.35. The summed E-state index contributed by atoms with van der Waals surface area (Å²) in [5.74, 6) is 0.233. The van der Waals surface area contributed by atoms with Gasteiger partial charge in [-0.3, -0.25) is 0 Å². The highest BCUT2D eigenvalue weighted by molar-refractivity contribution is 5.80. The van der Waals surface area contributed by atoms with Gasteiger partial charge in [-0.2, -0.15) is 4.98 Å². The summed E-state index contributed by atoms with van der Waals surface area (Å²) < 4.78 is 4.95. The molecule has 0 fully saturated rings. The number of imidazole rings is 1. The number of nitrogens with one attached hydrogen (secondary N) is 1. The van der Waals surface area contributed by atoms with Gasteiger partial charge in [0.2, 0.25) is 0 Å². The van der Waals surface area contributed by atoms with Crippen molar-refractivity contribution < 1.29 is 9.84 Å². The normalized spacial score (nSPS) is 10.6. The number of H-pyrrole nitrogens is 1. The van der Waals surface area contributed by atoms with Crippen LogP contribution in [0.15, 0.2) is 12.1 Å². The standard InChI is InChI=1S/C9H10N2O2/c1-5-3-6(12)4-7-8(5)11-9(10-7)13-2/h3-4,12H,1-2H3,(H,10,11). The number of hydrogen-bond donors (Lipinski definition) is 2. The van der Waals surface area contributed by atoms with Crippen LogP contribution >= 0.6 is 0 Å². The molecule has 1 aromatic carbocycles. The molecule has 0 unspecified atom stereocenters. The highest BCUT2D eigenvalue weighted by Crippen LogP contribution is 2.23. The van der Waals surface area contributed by atoms with Crippen molar-refractivity contribution in [1.82, 2.24) is 9.97 Å². The molecular weight excluding hydrogens is 168 g/mol. The Kier molecular flexibility index (Phi) is 1.62. The number of aryl methyl sites for hydroxylation is 1. The van der Waals surface area contributed by atoms with Gasteiger partial charge in [-0.05, 0) is 18.6 Å². The fraction of sp³-hybridized carbons (Fsp3) is 0.222. The summed E-state index contributed by atoms with van der Waals surface area (Å²) in [7, 11) is 1.55. The van der Waals surface area contributed by atoms with Crippen LogP contribution in [0.5, 0.6) is 11.8 Å². The molecule has 0 bridgehead atoms. The van der Waals surface area contributed by atoms with Crippen molar-refractivity contribution in [1.29, 1.82) is 0 Å². The van der Waals surface area contributed by atoms with Gasteiger partial charge in [-0.15, -0.1) is 0 Å². The maximum atomic E-state index is 9.30. The molecule has 0 saturated carbocycles. The molecule has 13 heavy (non-hydrogen) atoms. The third-order valence-corrected chi connectivity index (χ3v) is 1.93. The maximum Gasteiger partial charge on any atom is 0.294 e. The van der Waals surface area contributed by atoms with E-state index in [4.69, 9.17) is 4.74 Å². The molecule has 0 saturated heterocycles. The highest BCUT2D eigenvalue weighted by atomic mass is 16.5. The lowest BCUT2D eigenvalue weighted by Gasteiger charge is -1.94. The number of methoxy groups -OCH3 is 1. The van der Waals surface area contributed by atoms with Crippen LogP contribution in [-0.2, 0) is 0 Å². The predicted molar refractivity (Wildman–Crippen MR) is 49.0 cm³/mol. The first kappa shape index (κ1) is 7.91. The molecule has 0 atom stereocenters. The number of aromatic hydroxyl groups is 1. The molecule has 0 aliphatic carbocycles. The zero-order valence-corrected chi connectivity index (χ0v) is 7.46. The van der Waals surface area contributed by atoms with E-state index in [9.17, 15) is 5.11 Å². The molecule has 0 radical (unpaired) electrons. The molecule has 0 aliphatic rings. The summed E-state index contributed by atoms with van der Waals surface area (Å²) in [5.41, 5.74) is 2.54. The topological polar surface area (TPSA) is 58.1 Å². The van der Waals surface area contributed by atoms with Crippen molar-refractivity contribution in [2.75, 3.05) is 7.11 Å². The minimum atomic E-state index is 0.233. The van der Waals surface area contributed by atoms with Crippen LogP contribution in [0.3, 0.4) is 0 Å². The van der Waals surface area contributed by atoms with Crippen LogP contribution in [0, 0.1) is 6.92 Å². The Balaban J connectivity index is 2.75. The first-order valence-corrected chi connectivity index (χ1v) is 3.94. The first-order valence-electron chi connectivity index (χ1n) is 3.94. The predicted octanol–water partition coefficient (Wildman–Crippen LogP) is 1.59. The molecule has 2 N–H and O–H groups in total. The SMILES string of the molecule is COc1nc2c(C)cc(O)cc2[nH]1. The van der Waals surface area contributed by atoms with Gasteiger partial charge >= 0.3 is 0 Å². The molecular formula is C9H10N2O2. The average Bonchev–Trinajstić information content (AvgIpc) is 2.47. The molecule has 4 nitrogen and oxygen atoms in total. The number of ether oxygens (including phenoxy) is 1. The van der Waals surface area contributed by atoms with Crippen molar-refractivity contribution in [2.24, 2.45) is 0 Å². The number of nitrogens with zero attached hydrogens (tertiary/aromatic N) is 1. The second-order valence-corrected chi connectivity index (χ2v) is 2.90. The molecule has 0 spiro atoms. The second-order valence-electron chi connectivity index (χ2n) is 2.90. The summed E-state index contributed by atoms with van der Waals surface area (Å²) in [5, 5.41) is 9.30. The van der Waals surface area contributed by atoms with Gasteiger partial charge in [-0.1, -0.05) is 0 Å². The van der Waals surface area contributed by atoms with Crippen molar-refractivity contribution in [3.8, 4) is 11.8 Å². The molecule has 68 valence electrons. The molecule has 0 amide bonds. The smallest absolute Gasteiger partial charge is 0.294 e. The van der Waals surface area contributed by atoms with E-state index in [1.165, 1.54) is 0 Å². The molecule has 0 aliphatic heterocycles. The highest BCUT2D eigenvalue weighted by Gasteiger charge is 2.06. The van der Waals surface area contributed by atoms with Gasteiger partial charge in [0.25, 0.3) is 6.01 Å². The van der Waals surface area contributed by atoms with Crippen LogP contribution in [0.25, 0.3) is 11.0 Å². The van der Waals surface area contributed by atoms with E-state index in [2.05, 4.69) is 9.97 Å². The number of phenols is 1. The first-order chi connectivity index (χ1) is 6.20. The molecule has 4 heteroatoms. The van der Waals surface area contributed by atoms with Gasteiger partial charge in [0.1, 0.15) is 5.75 Å². The van der Waals surface area contributed by atoms with E-state index in [-0.39, 0.29) is 5.75 Å². The number of aromatic nitrogens is 2. The number of hydrogen-bond acceptors (Lipinski definition) is 3. The Morgan fingerprint density at radius 1 is 1.46 bits per heavy atom. The summed E-state index contributed by atoms with van der Waals surface area (Å²) in [6, 6.07) is 3.75. The Hall–Kier alpha value is -1.71. The van der Waals surface area contributed by atoms with Crippen molar-refractivity contribution >= 4 is 11.0 Å². The Labute approximate surface area is 75.2 Å².